The van der Waals surface area contributed by atoms with Gasteiger partial charge in [-0.05, 0) is 31.9 Å². The first-order valence-electron chi connectivity index (χ1n) is 8.88. The minimum absolute atomic E-state index is 0.0192. The van der Waals surface area contributed by atoms with Crippen LogP contribution in [0.2, 0.25) is 0 Å². The quantitative estimate of drug-likeness (QED) is 0.821. The molecule has 1 aliphatic heterocycles. The third-order valence-electron chi connectivity index (χ3n) is 4.44. The first-order chi connectivity index (χ1) is 13.0. The first kappa shape index (κ1) is 18.6. The Kier molecular flexibility index (Phi) is 5.85. The van der Waals surface area contributed by atoms with Crippen LogP contribution < -0.4 is 10.6 Å². The van der Waals surface area contributed by atoms with E-state index in [9.17, 15) is 14.4 Å². The molecule has 8 nitrogen and oxygen atoms in total. The van der Waals surface area contributed by atoms with Crippen molar-refractivity contribution in [2.75, 3.05) is 19.6 Å². The molecule has 1 saturated heterocycles. The summed E-state index contributed by atoms with van der Waals surface area (Å²) in [5, 5.41) is 9.26. The van der Waals surface area contributed by atoms with Gasteiger partial charge in [0.05, 0.1) is 6.54 Å². The molecular formula is C19H22N4O4. The lowest BCUT2D eigenvalue weighted by atomic mass is 10.0. The van der Waals surface area contributed by atoms with Gasteiger partial charge in [-0.2, -0.15) is 0 Å². The van der Waals surface area contributed by atoms with E-state index in [1.54, 1.807) is 42.2 Å². The Morgan fingerprint density at radius 1 is 1.19 bits per heavy atom. The summed E-state index contributed by atoms with van der Waals surface area (Å²) in [4.78, 5) is 38.0. The number of hydrogen-bond acceptors (Lipinski definition) is 5. The largest absolute Gasteiger partial charge is 0.361 e. The number of benzene rings is 1. The highest BCUT2D eigenvalue weighted by Crippen LogP contribution is 2.14. The summed E-state index contributed by atoms with van der Waals surface area (Å²) in [5.41, 5.74) is 0.818. The van der Waals surface area contributed by atoms with Crippen molar-refractivity contribution in [3.63, 3.8) is 0 Å². The monoisotopic (exact) mass is 370 g/mol. The normalized spacial score (nSPS) is 14.6. The van der Waals surface area contributed by atoms with Crippen LogP contribution in [0.1, 0.15) is 39.4 Å². The van der Waals surface area contributed by atoms with Crippen LogP contribution in [0.15, 0.2) is 40.9 Å². The number of nitrogens with one attached hydrogen (secondary N) is 2. The zero-order valence-corrected chi connectivity index (χ0v) is 15.1. The number of aromatic nitrogens is 1. The standard InChI is InChI=1S/C19H22N4O4/c1-13-11-16(22-27-13)19(26)23-9-7-15(8-10-23)21-17(24)12-20-18(25)14-5-3-2-4-6-14/h2-6,11,15H,7-10,12H2,1H3,(H,20,25)(H,21,24). The number of amides is 3. The van der Waals surface area contributed by atoms with Gasteiger partial charge in [0.2, 0.25) is 5.91 Å². The van der Waals surface area contributed by atoms with Crippen molar-refractivity contribution in [3.8, 4) is 0 Å². The lowest BCUT2D eigenvalue weighted by Crippen LogP contribution is -2.48. The smallest absolute Gasteiger partial charge is 0.276 e. The highest BCUT2D eigenvalue weighted by molar-refractivity contribution is 5.96. The predicted molar refractivity (Wildman–Crippen MR) is 97.1 cm³/mol. The highest BCUT2D eigenvalue weighted by Gasteiger charge is 2.26. The van der Waals surface area contributed by atoms with Crippen molar-refractivity contribution in [3.05, 3.63) is 53.4 Å². The summed E-state index contributed by atoms with van der Waals surface area (Å²) >= 11 is 0. The van der Waals surface area contributed by atoms with Gasteiger partial charge in [0.25, 0.3) is 11.8 Å². The van der Waals surface area contributed by atoms with Gasteiger partial charge in [-0.3, -0.25) is 14.4 Å². The van der Waals surface area contributed by atoms with Crippen LogP contribution in [0.3, 0.4) is 0 Å². The van der Waals surface area contributed by atoms with Gasteiger partial charge < -0.3 is 20.1 Å². The third-order valence-corrected chi connectivity index (χ3v) is 4.44. The fourth-order valence-electron chi connectivity index (χ4n) is 2.99. The average molecular weight is 370 g/mol. The molecule has 1 fully saturated rings. The molecule has 0 bridgehead atoms. The van der Waals surface area contributed by atoms with Gasteiger partial charge >= 0.3 is 0 Å². The maximum Gasteiger partial charge on any atom is 0.276 e. The molecule has 0 spiro atoms. The molecule has 0 atom stereocenters. The maximum absolute atomic E-state index is 12.3. The fraction of sp³-hybridized carbons (Fsp3) is 0.368. The molecule has 8 heteroatoms. The van der Waals surface area contributed by atoms with E-state index in [1.165, 1.54) is 0 Å². The summed E-state index contributed by atoms with van der Waals surface area (Å²) in [7, 11) is 0. The molecule has 0 unspecified atom stereocenters. The van der Waals surface area contributed by atoms with E-state index < -0.39 is 0 Å². The average Bonchev–Trinajstić information content (AvgIpc) is 3.13. The summed E-state index contributed by atoms with van der Waals surface area (Å²) in [6.07, 6.45) is 1.31. The van der Waals surface area contributed by atoms with Gasteiger partial charge in [0.1, 0.15) is 5.76 Å². The van der Waals surface area contributed by atoms with Crippen molar-refractivity contribution in [1.82, 2.24) is 20.7 Å². The number of nitrogens with zero attached hydrogens (tertiary/aromatic N) is 2. The second kappa shape index (κ2) is 8.48. The molecule has 1 aromatic carbocycles. The number of rotatable bonds is 5. The highest BCUT2D eigenvalue weighted by atomic mass is 16.5. The molecule has 3 amide bonds. The van der Waals surface area contributed by atoms with Gasteiger partial charge in [-0.15, -0.1) is 0 Å². The van der Waals surface area contributed by atoms with Crippen LogP contribution >= 0.6 is 0 Å². The van der Waals surface area contributed by atoms with Gasteiger partial charge in [0.15, 0.2) is 5.69 Å². The van der Waals surface area contributed by atoms with E-state index in [2.05, 4.69) is 15.8 Å². The number of aryl methyl sites for hydroxylation is 1. The summed E-state index contributed by atoms with van der Waals surface area (Å²) in [6, 6.07) is 10.3. The second-order valence-electron chi connectivity index (χ2n) is 6.51. The zero-order chi connectivity index (χ0) is 19.2. The summed E-state index contributed by atoms with van der Waals surface area (Å²) in [6.45, 7) is 2.73. The minimum atomic E-state index is -0.283. The molecule has 27 heavy (non-hydrogen) atoms. The second-order valence-corrected chi connectivity index (χ2v) is 6.51. The molecule has 2 N–H and O–H groups in total. The van der Waals surface area contributed by atoms with Crippen LogP contribution in [-0.4, -0.2) is 53.5 Å². The topological polar surface area (TPSA) is 105 Å². The predicted octanol–water partition coefficient (Wildman–Crippen LogP) is 1.13. The maximum atomic E-state index is 12.3. The molecule has 1 aromatic heterocycles. The molecule has 0 saturated carbocycles. The fourth-order valence-corrected chi connectivity index (χ4v) is 2.99. The van der Waals surface area contributed by atoms with E-state index in [1.807, 2.05) is 6.07 Å². The zero-order valence-electron chi connectivity index (χ0n) is 15.1. The van der Waals surface area contributed by atoms with E-state index >= 15 is 0 Å². The lowest BCUT2D eigenvalue weighted by molar-refractivity contribution is -0.121. The Bertz CT molecular complexity index is 810. The van der Waals surface area contributed by atoms with Crippen molar-refractivity contribution in [2.45, 2.75) is 25.8 Å². The Morgan fingerprint density at radius 3 is 2.52 bits per heavy atom. The van der Waals surface area contributed by atoms with Crippen LogP contribution in [0.5, 0.6) is 0 Å². The van der Waals surface area contributed by atoms with E-state index in [4.69, 9.17) is 4.52 Å². The minimum Gasteiger partial charge on any atom is -0.361 e. The number of carbonyl (C=O) groups is 3. The van der Waals surface area contributed by atoms with E-state index in [0.717, 1.165) is 0 Å². The van der Waals surface area contributed by atoms with Crippen molar-refractivity contribution in [2.24, 2.45) is 0 Å². The van der Waals surface area contributed by atoms with Gasteiger partial charge in [-0.1, -0.05) is 23.4 Å². The van der Waals surface area contributed by atoms with Crippen LogP contribution in [0.4, 0.5) is 0 Å². The molecular weight excluding hydrogens is 348 g/mol. The lowest BCUT2D eigenvalue weighted by Gasteiger charge is -2.31. The Balaban J connectivity index is 1.40. The molecule has 0 radical (unpaired) electrons. The first-order valence-corrected chi connectivity index (χ1v) is 8.88. The molecule has 0 aliphatic carbocycles. The number of carbonyl (C=O) groups excluding carboxylic acids is 3. The van der Waals surface area contributed by atoms with Gasteiger partial charge in [0, 0.05) is 30.8 Å². The van der Waals surface area contributed by atoms with Crippen molar-refractivity contribution in [1.29, 1.82) is 0 Å². The van der Waals surface area contributed by atoms with E-state index in [-0.39, 0.29) is 30.3 Å². The molecule has 142 valence electrons. The molecule has 3 rings (SSSR count). The third kappa shape index (κ3) is 4.93. The van der Waals surface area contributed by atoms with Crippen LogP contribution in [0.25, 0.3) is 0 Å². The van der Waals surface area contributed by atoms with E-state index in [0.29, 0.717) is 42.9 Å². The number of likely N-dealkylation sites (tertiary alicyclic amines) is 1. The van der Waals surface area contributed by atoms with Crippen molar-refractivity contribution >= 4 is 17.7 Å². The number of hydrogen-bond donors (Lipinski definition) is 2. The van der Waals surface area contributed by atoms with Crippen LogP contribution in [0, 0.1) is 6.92 Å². The molecule has 2 aromatic rings. The summed E-state index contributed by atoms with van der Waals surface area (Å²) in [5.74, 6) is -0.0879. The summed E-state index contributed by atoms with van der Waals surface area (Å²) < 4.78 is 4.94. The molecule has 1 aliphatic rings. The Hall–Kier alpha value is -3.16. The number of piperidine rings is 1. The Morgan fingerprint density at radius 2 is 1.89 bits per heavy atom. The molecule has 2 heterocycles. The van der Waals surface area contributed by atoms with Crippen molar-refractivity contribution < 1.29 is 18.9 Å². The SMILES string of the molecule is Cc1cc(C(=O)N2CCC(NC(=O)CNC(=O)c3ccccc3)CC2)no1. The Labute approximate surface area is 156 Å². The van der Waals surface area contributed by atoms with Crippen LogP contribution in [-0.2, 0) is 4.79 Å². The van der Waals surface area contributed by atoms with Gasteiger partial charge in [-0.25, -0.2) is 0 Å².